The predicted octanol–water partition coefficient (Wildman–Crippen LogP) is 0.220. The Balaban J connectivity index is 1.90. The molecule has 0 aromatic heterocycles. The number of rotatable bonds is 4. The first-order valence-electron chi connectivity index (χ1n) is 9.26. The minimum Gasteiger partial charge on any atom is -0.370 e. The van der Waals surface area contributed by atoms with Gasteiger partial charge in [-0.15, -0.1) is 0 Å². The molecule has 0 aliphatic carbocycles. The highest BCUT2D eigenvalue weighted by molar-refractivity contribution is 6.15. The minimum atomic E-state index is -1.61. The molecule has 4 rings (SSSR count). The van der Waals surface area contributed by atoms with Crippen molar-refractivity contribution in [3.05, 3.63) is 29.6 Å². The summed E-state index contributed by atoms with van der Waals surface area (Å²) in [6, 6.07) is 2.66. The highest BCUT2D eigenvalue weighted by atomic mass is 19.1. The van der Waals surface area contributed by atoms with E-state index in [4.69, 9.17) is 5.73 Å². The van der Waals surface area contributed by atoms with Gasteiger partial charge in [0.1, 0.15) is 11.4 Å². The van der Waals surface area contributed by atoms with Crippen LogP contribution in [0, 0.1) is 17.7 Å². The van der Waals surface area contributed by atoms with Crippen LogP contribution in [0.5, 0.6) is 0 Å². The average Bonchev–Trinajstić information content (AvgIpc) is 3.20. The van der Waals surface area contributed by atoms with Crippen LogP contribution < -0.4 is 16.4 Å². The van der Waals surface area contributed by atoms with Gasteiger partial charge in [-0.05, 0) is 31.5 Å². The molecule has 4 N–H and O–H groups in total. The van der Waals surface area contributed by atoms with Crippen LogP contribution in [0.4, 0.5) is 10.1 Å². The number of halogens is 1. The van der Waals surface area contributed by atoms with Crippen molar-refractivity contribution in [3.8, 4) is 0 Å². The van der Waals surface area contributed by atoms with E-state index in [-0.39, 0.29) is 18.0 Å². The minimum absolute atomic E-state index is 0.214. The maximum absolute atomic E-state index is 14.0. The largest absolute Gasteiger partial charge is 0.370 e. The molecular weight excluding hydrogens is 367 g/mol. The molecule has 3 heterocycles. The molecule has 2 saturated heterocycles. The van der Waals surface area contributed by atoms with Crippen molar-refractivity contribution in [2.75, 3.05) is 5.32 Å². The monoisotopic (exact) mass is 388 g/mol. The third-order valence-electron chi connectivity index (χ3n) is 6.16. The summed E-state index contributed by atoms with van der Waals surface area (Å²) in [5.41, 5.74) is 4.38. The fourth-order valence-corrected chi connectivity index (χ4v) is 4.80. The van der Waals surface area contributed by atoms with E-state index in [9.17, 15) is 23.6 Å². The van der Waals surface area contributed by atoms with E-state index in [1.54, 1.807) is 6.92 Å². The van der Waals surface area contributed by atoms with Gasteiger partial charge in [0, 0.05) is 29.8 Å². The van der Waals surface area contributed by atoms with Gasteiger partial charge in [0.2, 0.25) is 23.6 Å². The number of likely N-dealkylation sites (tertiary alicyclic amines) is 1. The van der Waals surface area contributed by atoms with E-state index in [2.05, 4.69) is 10.6 Å². The van der Waals surface area contributed by atoms with Gasteiger partial charge in [0.25, 0.3) is 0 Å². The fourth-order valence-electron chi connectivity index (χ4n) is 4.80. The maximum Gasteiger partial charge on any atom is 0.250 e. The van der Waals surface area contributed by atoms with Gasteiger partial charge in [0.05, 0.1) is 11.8 Å². The summed E-state index contributed by atoms with van der Waals surface area (Å²) in [6.07, 6.45) is 0.337. The summed E-state index contributed by atoms with van der Waals surface area (Å²) in [5.74, 6) is -4.68. The predicted molar refractivity (Wildman–Crippen MR) is 96.0 cm³/mol. The molecular formula is C19H21FN4O4. The quantitative estimate of drug-likeness (QED) is 0.637. The lowest BCUT2D eigenvalue weighted by Crippen LogP contribution is -2.54. The smallest absolute Gasteiger partial charge is 0.250 e. The van der Waals surface area contributed by atoms with Crippen molar-refractivity contribution < 1.29 is 23.6 Å². The molecule has 3 aliphatic heterocycles. The third-order valence-corrected chi connectivity index (χ3v) is 6.16. The molecule has 1 aromatic rings. The molecule has 3 aliphatic rings. The molecule has 8 nitrogen and oxygen atoms in total. The third kappa shape index (κ3) is 2.25. The maximum atomic E-state index is 14.0. The summed E-state index contributed by atoms with van der Waals surface area (Å²) in [4.78, 5) is 52.2. The Hall–Kier alpha value is -2.81. The number of amides is 4. The normalized spacial score (nSPS) is 31.9. The zero-order valence-electron chi connectivity index (χ0n) is 15.5. The molecule has 4 amide bonds. The van der Waals surface area contributed by atoms with Crippen molar-refractivity contribution >= 4 is 29.3 Å². The van der Waals surface area contributed by atoms with Crippen LogP contribution in [0.15, 0.2) is 18.2 Å². The van der Waals surface area contributed by atoms with Gasteiger partial charge < -0.3 is 11.1 Å². The molecule has 1 spiro atoms. The lowest BCUT2D eigenvalue weighted by molar-refractivity contribution is -0.145. The number of nitrogens with zero attached hydrogens (tertiary/aromatic N) is 1. The van der Waals surface area contributed by atoms with Gasteiger partial charge >= 0.3 is 0 Å². The van der Waals surface area contributed by atoms with Crippen LogP contribution in [0.2, 0.25) is 0 Å². The van der Waals surface area contributed by atoms with Crippen molar-refractivity contribution in [2.45, 2.75) is 44.3 Å². The van der Waals surface area contributed by atoms with Crippen LogP contribution in [0.1, 0.15) is 32.3 Å². The number of benzene rings is 1. The molecule has 0 unspecified atom stereocenters. The molecule has 0 saturated carbocycles. The second-order valence-corrected chi connectivity index (χ2v) is 7.68. The van der Waals surface area contributed by atoms with Crippen LogP contribution in [0.3, 0.4) is 0 Å². The Morgan fingerprint density at radius 3 is 2.68 bits per heavy atom. The topological polar surface area (TPSA) is 122 Å². The number of imide groups is 1. The van der Waals surface area contributed by atoms with E-state index in [0.717, 1.165) is 0 Å². The van der Waals surface area contributed by atoms with Gasteiger partial charge in [-0.1, -0.05) is 6.92 Å². The fraction of sp³-hybridized carbons (Fsp3) is 0.474. The molecule has 9 heteroatoms. The second-order valence-electron chi connectivity index (χ2n) is 7.68. The van der Waals surface area contributed by atoms with Gasteiger partial charge in [-0.25, -0.2) is 4.39 Å². The van der Waals surface area contributed by atoms with Crippen LogP contribution in [-0.2, 0) is 24.7 Å². The number of fused-ring (bicyclic) bond motifs is 4. The molecule has 0 bridgehead atoms. The zero-order chi connectivity index (χ0) is 20.4. The van der Waals surface area contributed by atoms with E-state index < -0.39 is 52.9 Å². The van der Waals surface area contributed by atoms with Crippen molar-refractivity contribution in [3.63, 3.8) is 0 Å². The Morgan fingerprint density at radius 1 is 1.32 bits per heavy atom. The number of nitrogens with one attached hydrogen (secondary N) is 2. The Kier molecular flexibility index (Phi) is 4.04. The number of hydrogen-bond acceptors (Lipinski definition) is 5. The lowest BCUT2D eigenvalue weighted by Gasteiger charge is -2.31. The van der Waals surface area contributed by atoms with Crippen molar-refractivity contribution in [2.24, 2.45) is 17.6 Å². The number of hydrogen-bond donors (Lipinski definition) is 3. The SMILES string of the molecule is CC[C@H](C)N1C(=O)[C@H]2[C@@H](C1=O)[C@@]1(N[C@@H]2CC(N)=O)C(=O)Nc2ccc(F)cc21. The Morgan fingerprint density at radius 2 is 2.04 bits per heavy atom. The molecule has 2 fully saturated rings. The number of nitrogens with two attached hydrogens (primary N) is 1. The number of primary amides is 1. The average molecular weight is 388 g/mol. The first kappa shape index (κ1) is 18.5. The molecule has 0 radical (unpaired) electrons. The first-order chi connectivity index (χ1) is 13.2. The Labute approximate surface area is 160 Å². The summed E-state index contributed by atoms with van der Waals surface area (Å²) in [6.45, 7) is 3.60. The second kappa shape index (κ2) is 6.10. The number of anilines is 1. The molecule has 148 valence electrons. The number of carbonyl (C=O) groups excluding carboxylic acids is 4. The summed E-state index contributed by atoms with van der Waals surface area (Å²) in [5, 5.41) is 5.69. The van der Waals surface area contributed by atoms with E-state index in [1.807, 2.05) is 6.92 Å². The molecule has 5 atom stereocenters. The van der Waals surface area contributed by atoms with Crippen molar-refractivity contribution in [1.29, 1.82) is 0 Å². The highest BCUT2D eigenvalue weighted by Gasteiger charge is 2.70. The van der Waals surface area contributed by atoms with Crippen molar-refractivity contribution in [1.82, 2.24) is 10.2 Å². The standard InChI is InChI=1S/C19H21FN4O4/c1-3-8(2)24-16(26)14-12(7-13(21)25)23-19(15(14)17(24)27)10-6-9(20)4-5-11(10)22-18(19)28/h4-6,8,12,14-15,23H,3,7H2,1-2H3,(H2,21,25)(H,22,28)/t8-,12+,14+,15-,19+/m0/s1. The molecule has 1 aromatic carbocycles. The van der Waals surface area contributed by atoms with Gasteiger partial charge in [-0.3, -0.25) is 29.4 Å². The van der Waals surface area contributed by atoms with E-state index in [1.165, 1.54) is 23.1 Å². The summed E-state index contributed by atoms with van der Waals surface area (Å²) >= 11 is 0. The zero-order valence-corrected chi connectivity index (χ0v) is 15.5. The summed E-state index contributed by atoms with van der Waals surface area (Å²) in [7, 11) is 0. The first-order valence-corrected chi connectivity index (χ1v) is 9.26. The van der Waals surface area contributed by atoms with Crippen LogP contribution in [0.25, 0.3) is 0 Å². The highest BCUT2D eigenvalue weighted by Crippen LogP contribution is 2.53. The lowest BCUT2D eigenvalue weighted by atomic mass is 9.76. The van der Waals surface area contributed by atoms with Crippen LogP contribution >= 0.6 is 0 Å². The summed E-state index contributed by atoms with van der Waals surface area (Å²) < 4.78 is 14.0. The van der Waals surface area contributed by atoms with E-state index in [0.29, 0.717) is 12.1 Å². The number of carbonyl (C=O) groups is 4. The van der Waals surface area contributed by atoms with Gasteiger partial charge in [0.15, 0.2) is 0 Å². The van der Waals surface area contributed by atoms with Crippen LogP contribution in [-0.4, -0.2) is 40.6 Å². The van der Waals surface area contributed by atoms with E-state index >= 15 is 0 Å². The van der Waals surface area contributed by atoms with Gasteiger partial charge in [-0.2, -0.15) is 0 Å². The molecule has 28 heavy (non-hydrogen) atoms. The Bertz CT molecular complexity index is 919.